The Morgan fingerprint density at radius 2 is 1.82 bits per heavy atom. The van der Waals surface area contributed by atoms with Gasteiger partial charge in [-0.15, -0.1) is 0 Å². The van der Waals surface area contributed by atoms with Gasteiger partial charge in [-0.05, 0) is 25.7 Å². The lowest BCUT2D eigenvalue weighted by Gasteiger charge is -2.17. The Balaban J connectivity index is 2.42. The Morgan fingerprint density at radius 3 is 2.24 bits per heavy atom. The van der Waals surface area contributed by atoms with E-state index in [0.717, 1.165) is 12.8 Å². The highest BCUT2D eigenvalue weighted by molar-refractivity contribution is 5.88. The number of carbonyl (C=O) groups is 3. The van der Waals surface area contributed by atoms with Crippen molar-refractivity contribution in [1.29, 1.82) is 0 Å². The van der Waals surface area contributed by atoms with E-state index >= 15 is 0 Å². The molecule has 3 amide bonds. The van der Waals surface area contributed by atoms with Crippen LogP contribution in [0.5, 0.6) is 0 Å². The molecule has 1 rings (SSSR count). The molecule has 0 aromatic carbocycles. The monoisotopic (exact) mass is 243 g/mol. The number of rotatable bonds is 5. The number of amides is 3. The number of hydrogen-bond donors (Lipinski definition) is 4. The second-order valence-electron chi connectivity index (χ2n) is 4.11. The molecule has 1 saturated carbocycles. The van der Waals surface area contributed by atoms with Gasteiger partial charge >= 0.3 is 12.0 Å². The summed E-state index contributed by atoms with van der Waals surface area (Å²) in [4.78, 5) is 33.5. The first-order valence-electron chi connectivity index (χ1n) is 5.47. The zero-order chi connectivity index (χ0) is 13.0. The van der Waals surface area contributed by atoms with Crippen molar-refractivity contribution in [2.75, 3.05) is 7.05 Å². The van der Waals surface area contributed by atoms with Crippen LogP contribution in [-0.2, 0) is 9.59 Å². The van der Waals surface area contributed by atoms with E-state index in [9.17, 15) is 14.4 Å². The van der Waals surface area contributed by atoms with Gasteiger partial charge in [-0.25, -0.2) is 9.59 Å². The van der Waals surface area contributed by atoms with Gasteiger partial charge in [-0.3, -0.25) is 4.79 Å². The molecule has 0 bridgehead atoms. The molecule has 0 spiro atoms. The van der Waals surface area contributed by atoms with E-state index in [0.29, 0.717) is 0 Å². The maximum absolute atomic E-state index is 11.5. The number of carbonyl (C=O) groups excluding carboxylic acids is 2. The van der Waals surface area contributed by atoms with E-state index < -0.39 is 24.1 Å². The molecule has 7 heteroatoms. The molecule has 1 fully saturated rings. The van der Waals surface area contributed by atoms with E-state index in [1.54, 1.807) is 0 Å². The molecule has 0 radical (unpaired) electrons. The number of carboxylic acids is 1. The molecule has 4 N–H and O–H groups in total. The van der Waals surface area contributed by atoms with Crippen molar-refractivity contribution in [3.63, 3.8) is 0 Å². The fraction of sp³-hybridized carbons (Fsp3) is 0.700. The third-order valence-electron chi connectivity index (χ3n) is 2.63. The molecule has 1 aliphatic carbocycles. The first kappa shape index (κ1) is 13.3. The fourth-order valence-corrected chi connectivity index (χ4v) is 1.47. The van der Waals surface area contributed by atoms with Crippen LogP contribution in [0.4, 0.5) is 4.79 Å². The number of aliphatic carboxylic acids is 1. The van der Waals surface area contributed by atoms with Gasteiger partial charge in [0.2, 0.25) is 5.91 Å². The average Bonchev–Trinajstić information content (AvgIpc) is 3.07. The largest absolute Gasteiger partial charge is 0.480 e. The van der Waals surface area contributed by atoms with E-state index in [2.05, 4.69) is 16.0 Å². The van der Waals surface area contributed by atoms with Crippen LogP contribution in [0.1, 0.15) is 19.8 Å². The first-order valence-corrected chi connectivity index (χ1v) is 5.47. The predicted octanol–water partition coefficient (Wildman–Crippen LogP) is -0.717. The molecule has 0 aliphatic heterocycles. The van der Waals surface area contributed by atoms with Crippen LogP contribution in [-0.4, -0.2) is 42.1 Å². The van der Waals surface area contributed by atoms with Crippen LogP contribution >= 0.6 is 0 Å². The highest BCUT2D eigenvalue weighted by Crippen LogP contribution is 2.32. The molecule has 0 aromatic rings. The summed E-state index contributed by atoms with van der Waals surface area (Å²) in [5.74, 6) is -1.37. The molecule has 0 heterocycles. The fourth-order valence-electron chi connectivity index (χ4n) is 1.47. The zero-order valence-corrected chi connectivity index (χ0v) is 9.82. The van der Waals surface area contributed by atoms with Gasteiger partial charge in [0.05, 0.1) is 0 Å². The average molecular weight is 243 g/mol. The number of likely N-dealkylation sites (N-methyl/N-ethyl adjacent to an activating group) is 1. The minimum atomic E-state index is -1.05. The van der Waals surface area contributed by atoms with E-state index in [-0.39, 0.29) is 11.8 Å². The maximum Gasteiger partial charge on any atom is 0.326 e. The first-order chi connectivity index (χ1) is 7.95. The summed E-state index contributed by atoms with van der Waals surface area (Å²) in [5, 5.41) is 16.0. The van der Waals surface area contributed by atoms with Gasteiger partial charge in [0, 0.05) is 7.05 Å². The van der Waals surface area contributed by atoms with Crippen molar-refractivity contribution < 1.29 is 19.5 Å². The van der Waals surface area contributed by atoms with Crippen LogP contribution in [0.15, 0.2) is 0 Å². The van der Waals surface area contributed by atoms with Gasteiger partial charge in [-0.1, -0.05) is 0 Å². The SMILES string of the molecule is CNC(=O)C(C)NC(=O)NC(C(=O)O)C1CC1. The molecule has 0 aromatic heterocycles. The van der Waals surface area contributed by atoms with Crippen LogP contribution in [0.25, 0.3) is 0 Å². The van der Waals surface area contributed by atoms with Gasteiger partial charge in [0.15, 0.2) is 0 Å². The van der Waals surface area contributed by atoms with E-state index in [4.69, 9.17) is 5.11 Å². The smallest absolute Gasteiger partial charge is 0.326 e. The molecular formula is C10H17N3O4. The van der Waals surface area contributed by atoms with Crippen LogP contribution in [0.2, 0.25) is 0 Å². The Morgan fingerprint density at radius 1 is 1.24 bits per heavy atom. The highest BCUT2D eigenvalue weighted by Gasteiger charge is 2.37. The summed E-state index contributed by atoms with van der Waals surface area (Å²) in [6.45, 7) is 1.52. The Hall–Kier alpha value is -1.79. The quantitative estimate of drug-likeness (QED) is 0.511. The molecule has 0 saturated heterocycles. The van der Waals surface area contributed by atoms with Gasteiger partial charge < -0.3 is 21.1 Å². The topological polar surface area (TPSA) is 108 Å². The maximum atomic E-state index is 11.5. The number of nitrogens with one attached hydrogen (secondary N) is 3. The number of urea groups is 1. The Bertz CT molecular complexity index is 328. The van der Waals surface area contributed by atoms with Gasteiger partial charge in [-0.2, -0.15) is 0 Å². The van der Waals surface area contributed by atoms with E-state index in [1.165, 1.54) is 14.0 Å². The molecule has 7 nitrogen and oxygen atoms in total. The summed E-state index contributed by atoms with van der Waals surface area (Å²) in [7, 11) is 1.46. The lowest BCUT2D eigenvalue weighted by molar-refractivity contribution is -0.139. The molecule has 2 unspecified atom stereocenters. The lowest BCUT2D eigenvalue weighted by atomic mass is 10.2. The minimum absolute atomic E-state index is 0.00792. The van der Waals surface area contributed by atoms with Crippen LogP contribution < -0.4 is 16.0 Å². The van der Waals surface area contributed by atoms with Crippen molar-refractivity contribution in [2.24, 2.45) is 5.92 Å². The molecule has 1 aliphatic rings. The second kappa shape index (κ2) is 5.51. The van der Waals surface area contributed by atoms with Crippen molar-refractivity contribution >= 4 is 17.9 Å². The predicted molar refractivity (Wildman–Crippen MR) is 59.3 cm³/mol. The number of carboxylic acid groups (broad SMARTS) is 1. The third kappa shape index (κ3) is 3.93. The summed E-state index contributed by atoms with van der Waals surface area (Å²) >= 11 is 0. The number of hydrogen-bond acceptors (Lipinski definition) is 3. The molecule has 96 valence electrons. The summed E-state index contributed by atoms with van der Waals surface area (Å²) in [6, 6.07) is -2.21. The lowest BCUT2D eigenvalue weighted by Crippen LogP contribution is -2.52. The standard InChI is InChI=1S/C10H17N3O4/c1-5(8(14)11-2)12-10(17)13-7(9(15)16)6-3-4-6/h5-7H,3-4H2,1-2H3,(H,11,14)(H,15,16)(H2,12,13,17). The normalized spacial score (nSPS) is 17.8. The van der Waals surface area contributed by atoms with Crippen molar-refractivity contribution in [1.82, 2.24) is 16.0 Å². The zero-order valence-electron chi connectivity index (χ0n) is 9.82. The summed E-state index contributed by atoms with van der Waals surface area (Å²) in [5.41, 5.74) is 0. The van der Waals surface area contributed by atoms with Crippen LogP contribution in [0, 0.1) is 5.92 Å². The highest BCUT2D eigenvalue weighted by atomic mass is 16.4. The third-order valence-corrected chi connectivity index (χ3v) is 2.63. The van der Waals surface area contributed by atoms with Crippen molar-refractivity contribution in [2.45, 2.75) is 31.8 Å². The van der Waals surface area contributed by atoms with Gasteiger partial charge in [0.1, 0.15) is 12.1 Å². The minimum Gasteiger partial charge on any atom is -0.480 e. The Kier molecular flexibility index (Phi) is 4.30. The van der Waals surface area contributed by atoms with Gasteiger partial charge in [0.25, 0.3) is 0 Å². The summed E-state index contributed by atoms with van der Waals surface area (Å²) < 4.78 is 0. The second-order valence-corrected chi connectivity index (χ2v) is 4.11. The Labute approximate surface area is 98.9 Å². The molecule has 2 atom stereocenters. The van der Waals surface area contributed by atoms with Crippen molar-refractivity contribution in [3.05, 3.63) is 0 Å². The van der Waals surface area contributed by atoms with E-state index in [1.807, 2.05) is 0 Å². The van der Waals surface area contributed by atoms with Crippen LogP contribution in [0.3, 0.4) is 0 Å². The molecule has 17 heavy (non-hydrogen) atoms. The van der Waals surface area contributed by atoms with Crippen molar-refractivity contribution in [3.8, 4) is 0 Å². The summed E-state index contributed by atoms with van der Waals surface area (Å²) in [6.07, 6.45) is 1.62. The molecular weight excluding hydrogens is 226 g/mol.